The highest BCUT2D eigenvalue weighted by Crippen LogP contribution is 2.35. The Bertz CT molecular complexity index is 984. The average Bonchev–Trinajstić information content (AvgIpc) is 3.31. The van der Waals surface area contributed by atoms with Crippen LogP contribution in [0.5, 0.6) is 0 Å². The van der Waals surface area contributed by atoms with E-state index >= 15 is 0 Å². The summed E-state index contributed by atoms with van der Waals surface area (Å²) in [6.07, 6.45) is -2.50. The van der Waals surface area contributed by atoms with Gasteiger partial charge in [-0.2, -0.15) is 18.3 Å². The number of amides is 2. The molecular weight excluding hydrogens is 409 g/mol. The number of benzene rings is 1. The molecule has 1 saturated heterocycles. The lowest BCUT2D eigenvalue weighted by Crippen LogP contribution is -2.30. The Morgan fingerprint density at radius 1 is 1.28 bits per heavy atom. The summed E-state index contributed by atoms with van der Waals surface area (Å²) in [7, 11) is 0. The van der Waals surface area contributed by atoms with Crippen molar-refractivity contribution in [1.29, 1.82) is 0 Å². The fourth-order valence-corrected chi connectivity index (χ4v) is 3.70. The number of nitrogens with zero attached hydrogens (tertiary/aromatic N) is 3. The van der Waals surface area contributed by atoms with Gasteiger partial charge in [-0.3, -0.25) is 9.59 Å². The molecule has 2 aromatic rings. The predicted octanol–water partition coefficient (Wildman–Crippen LogP) is 3.80. The van der Waals surface area contributed by atoms with Crippen LogP contribution in [0.2, 0.25) is 5.02 Å². The van der Waals surface area contributed by atoms with Crippen molar-refractivity contribution in [2.75, 3.05) is 11.9 Å². The van der Waals surface area contributed by atoms with Gasteiger partial charge in [0.05, 0.1) is 27.9 Å². The van der Waals surface area contributed by atoms with Crippen LogP contribution in [-0.4, -0.2) is 39.1 Å². The standard InChI is InChI=1S/C19H18ClF3N4O2/c1-10-6-16(24-18(29)11-7-17(28)26(9-11)13-3-4-13)27(25-10)15-8-12(19(21,22)23)2-5-14(15)20/h2,5-6,8,11,13H,3-4,7,9H2,1H3,(H,24,29). The molecule has 2 aliphatic rings. The van der Waals surface area contributed by atoms with Crippen LogP contribution in [0.3, 0.4) is 0 Å². The molecule has 1 atom stereocenters. The van der Waals surface area contributed by atoms with Gasteiger partial charge in [0.25, 0.3) is 0 Å². The second-order valence-electron chi connectivity index (χ2n) is 7.41. The lowest BCUT2D eigenvalue weighted by molar-refractivity contribution is -0.137. The molecule has 6 nitrogen and oxygen atoms in total. The Labute approximate surface area is 169 Å². The number of nitrogens with one attached hydrogen (secondary N) is 1. The van der Waals surface area contributed by atoms with Crippen molar-refractivity contribution >= 4 is 29.2 Å². The van der Waals surface area contributed by atoms with E-state index in [9.17, 15) is 22.8 Å². The monoisotopic (exact) mass is 426 g/mol. The molecule has 1 aliphatic carbocycles. The number of likely N-dealkylation sites (tertiary alicyclic amines) is 1. The van der Waals surface area contributed by atoms with Crippen LogP contribution >= 0.6 is 11.6 Å². The number of carbonyl (C=O) groups is 2. The molecule has 2 fully saturated rings. The molecule has 1 N–H and O–H groups in total. The van der Waals surface area contributed by atoms with Gasteiger partial charge in [-0.05, 0) is 38.0 Å². The van der Waals surface area contributed by atoms with Crippen molar-refractivity contribution in [3.8, 4) is 5.69 Å². The molecule has 0 spiro atoms. The zero-order chi connectivity index (χ0) is 20.9. The maximum absolute atomic E-state index is 13.1. The molecule has 2 heterocycles. The summed E-state index contributed by atoms with van der Waals surface area (Å²) in [5.74, 6) is -0.723. The first-order valence-corrected chi connectivity index (χ1v) is 9.55. The van der Waals surface area contributed by atoms with Gasteiger partial charge >= 0.3 is 6.18 Å². The first-order chi connectivity index (χ1) is 13.6. The molecule has 1 unspecified atom stereocenters. The molecular formula is C19H18ClF3N4O2. The molecule has 1 aromatic carbocycles. The fraction of sp³-hybridized carbons (Fsp3) is 0.421. The number of rotatable bonds is 4. The number of carbonyl (C=O) groups excluding carboxylic acids is 2. The summed E-state index contributed by atoms with van der Waals surface area (Å²) in [4.78, 5) is 26.5. The molecule has 154 valence electrons. The van der Waals surface area contributed by atoms with Gasteiger partial charge in [0.15, 0.2) is 0 Å². The SMILES string of the molecule is Cc1cc(NC(=O)C2CC(=O)N(C3CC3)C2)n(-c2cc(C(F)(F)F)ccc2Cl)n1. The van der Waals surface area contributed by atoms with E-state index in [1.165, 1.54) is 4.68 Å². The van der Waals surface area contributed by atoms with Gasteiger partial charge in [-0.15, -0.1) is 0 Å². The number of hydrogen-bond donors (Lipinski definition) is 1. The van der Waals surface area contributed by atoms with Gasteiger partial charge in [0.2, 0.25) is 11.8 Å². The van der Waals surface area contributed by atoms with Crippen LogP contribution in [0, 0.1) is 12.8 Å². The molecule has 0 radical (unpaired) electrons. The normalized spacial score (nSPS) is 19.7. The van der Waals surface area contributed by atoms with E-state index in [-0.39, 0.29) is 40.8 Å². The maximum atomic E-state index is 13.1. The minimum atomic E-state index is -4.54. The Morgan fingerprint density at radius 3 is 2.66 bits per heavy atom. The molecule has 4 rings (SSSR count). The first-order valence-electron chi connectivity index (χ1n) is 9.17. The topological polar surface area (TPSA) is 67.2 Å². The largest absolute Gasteiger partial charge is 0.416 e. The van der Waals surface area contributed by atoms with Gasteiger partial charge < -0.3 is 10.2 Å². The van der Waals surface area contributed by atoms with Crippen LogP contribution in [-0.2, 0) is 15.8 Å². The number of hydrogen-bond acceptors (Lipinski definition) is 3. The van der Waals surface area contributed by atoms with E-state index in [1.54, 1.807) is 17.9 Å². The quantitative estimate of drug-likeness (QED) is 0.808. The third-order valence-corrected chi connectivity index (χ3v) is 5.42. The summed E-state index contributed by atoms with van der Waals surface area (Å²) in [5.41, 5.74) is -0.369. The lowest BCUT2D eigenvalue weighted by atomic mass is 10.1. The van der Waals surface area contributed by atoms with E-state index in [0.29, 0.717) is 12.2 Å². The number of aromatic nitrogens is 2. The number of anilines is 1. The first kappa shape index (κ1) is 19.8. The Balaban J connectivity index is 1.59. The van der Waals surface area contributed by atoms with Crippen molar-refractivity contribution in [3.05, 3.63) is 40.5 Å². The minimum Gasteiger partial charge on any atom is -0.339 e. The number of alkyl halides is 3. The van der Waals surface area contributed by atoms with Crippen LogP contribution in [0.15, 0.2) is 24.3 Å². The Kier molecular flexibility index (Phi) is 4.80. The van der Waals surface area contributed by atoms with Crippen molar-refractivity contribution in [2.45, 2.75) is 38.4 Å². The van der Waals surface area contributed by atoms with Crippen LogP contribution < -0.4 is 5.32 Å². The van der Waals surface area contributed by atoms with E-state index < -0.39 is 17.7 Å². The zero-order valence-corrected chi connectivity index (χ0v) is 16.2. The minimum absolute atomic E-state index is 0.00648. The second-order valence-corrected chi connectivity index (χ2v) is 7.82. The lowest BCUT2D eigenvalue weighted by Gasteiger charge is -2.16. The van der Waals surface area contributed by atoms with E-state index in [0.717, 1.165) is 31.0 Å². The van der Waals surface area contributed by atoms with Gasteiger partial charge in [0, 0.05) is 25.1 Å². The highest BCUT2D eigenvalue weighted by atomic mass is 35.5. The molecule has 29 heavy (non-hydrogen) atoms. The third kappa shape index (κ3) is 3.96. The molecule has 1 saturated carbocycles. The highest BCUT2D eigenvalue weighted by Gasteiger charge is 2.42. The molecule has 1 aromatic heterocycles. The van der Waals surface area contributed by atoms with Crippen LogP contribution in [0.4, 0.5) is 19.0 Å². The van der Waals surface area contributed by atoms with Gasteiger partial charge in [-0.1, -0.05) is 11.6 Å². The van der Waals surface area contributed by atoms with Crippen molar-refractivity contribution in [2.24, 2.45) is 5.92 Å². The summed E-state index contributed by atoms with van der Waals surface area (Å²) in [6, 6.07) is 4.70. The zero-order valence-electron chi connectivity index (χ0n) is 15.5. The number of aryl methyl sites for hydroxylation is 1. The van der Waals surface area contributed by atoms with Gasteiger partial charge in [0.1, 0.15) is 5.82 Å². The predicted molar refractivity (Wildman–Crippen MR) is 99.8 cm³/mol. The van der Waals surface area contributed by atoms with Crippen molar-refractivity contribution < 1.29 is 22.8 Å². The van der Waals surface area contributed by atoms with E-state index in [1.807, 2.05) is 0 Å². The Hall–Kier alpha value is -2.55. The van der Waals surface area contributed by atoms with Crippen molar-refractivity contribution in [3.63, 3.8) is 0 Å². The molecule has 0 bridgehead atoms. The molecule has 10 heteroatoms. The third-order valence-electron chi connectivity index (χ3n) is 5.10. The summed E-state index contributed by atoms with van der Waals surface area (Å²) in [5, 5.41) is 6.95. The van der Waals surface area contributed by atoms with E-state index in [4.69, 9.17) is 11.6 Å². The number of halogens is 4. The average molecular weight is 427 g/mol. The smallest absolute Gasteiger partial charge is 0.339 e. The van der Waals surface area contributed by atoms with Crippen LogP contribution in [0.1, 0.15) is 30.5 Å². The Morgan fingerprint density at radius 2 is 2.00 bits per heavy atom. The molecule has 2 amide bonds. The summed E-state index contributed by atoms with van der Waals surface area (Å²) >= 11 is 6.11. The summed E-state index contributed by atoms with van der Waals surface area (Å²) in [6.45, 7) is 2.01. The van der Waals surface area contributed by atoms with Crippen LogP contribution in [0.25, 0.3) is 5.69 Å². The maximum Gasteiger partial charge on any atom is 0.416 e. The van der Waals surface area contributed by atoms with Gasteiger partial charge in [-0.25, -0.2) is 4.68 Å². The highest BCUT2D eigenvalue weighted by molar-refractivity contribution is 6.32. The fourth-order valence-electron chi connectivity index (χ4n) is 3.50. The summed E-state index contributed by atoms with van der Waals surface area (Å²) < 4.78 is 40.5. The molecule has 1 aliphatic heterocycles. The van der Waals surface area contributed by atoms with Crippen molar-refractivity contribution in [1.82, 2.24) is 14.7 Å². The second kappa shape index (κ2) is 7.05. The van der Waals surface area contributed by atoms with E-state index in [2.05, 4.69) is 10.4 Å².